The summed E-state index contributed by atoms with van der Waals surface area (Å²) in [7, 11) is 0. The topological polar surface area (TPSA) is 47.0 Å². The molecule has 1 aromatic heterocycles. The van der Waals surface area contributed by atoms with Crippen LogP contribution in [0.1, 0.15) is 45.6 Å². The average molecular weight is 249 g/mol. The largest absolute Gasteiger partial charge is 0.478 e. The van der Waals surface area contributed by atoms with Crippen molar-refractivity contribution in [2.24, 2.45) is 5.41 Å². The molecule has 4 heteroatoms. The molecule has 1 N–H and O–H groups in total. The number of hydrogen-bond acceptors (Lipinski definition) is 4. The summed E-state index contributed by atoms with van der Waals surface area (Å²) in [5.41, 5.74) is 1.34. The van der Waals surface area contributed by atoms with Crippen molar-refractivity contribution in [2.45, 2.75) is 53.0 Å². The Morgan fingerprint density at radius 1 is 1.44 bits per heavy atom. The first kappa shape index (κ1) is 13.1. The van der Waals surface area contributed by atoms with Crippen molar-refractivity contribution in [1.29, 1.82) is 0 Å². The maximum absolute atomic E-state index is 5.50. The van der Waals surface area contributed by atoms with Gasteiger partial charge in [-0.1, -0.05) is 20.3 Å². The van der Waals surface area contributed by atoms with Crippen LogP contribution in [0.2, 0.25) is 0 Å². The Bertz CT molecular complexity index is 418. The van der Waals surface area contributed by atoms with E-state index in [1.54, 1.807) is 6.33 Å². The predicted octanol–water partition coefficient (Wildman–Crippen LogP) is 3.17. The van der Waals surface area contributed by atoms with Gasteiger partial charge in [-0.3, -0.25) is 0 Å². The quantitative estimate of drug-likeness (QED) is 0.890. The Balaban J connectivity index is 2.16. The Hall–Kier alpha value is -1.32. The van der Waals surface area contributed by atoms with Crippen molar-refractivity contribution in [3.05, 3.63) is 11.9 Å². The van der Waals surface area contributed by atoms with Crippen LogP contribution in [0.5, 0.6) is 5.88 Å². The second-order valence-electron chi connectivity index (χ2n) is 5.66. The molecule has 1 aliphatic carbocycles. The van der Waals surface area contributed by atoms with Crippen molar-refractivity contribution in [1.82, 2.24) is 9.97 Å². The van der Waals surface area contributed by atoms with Crippen molar-refractivity contribution in [2.75, 3.05) is 11.9 Å². The zero-order valence-corrected chi connectivity index (χ0v) is 11.8. The summed E-state index contributed by atoms with van der Waals surface area (Å²) in [6.45, 7) is 9.24. The standard InChI is InChI=1S/C14H23N3O/c1-5-18-13-10(2)12(15-9-16-13)17-11-7-6-8-14(11,3)4/h9,11H,5-8H2,1-4H3,(H,15,16,17). The maximum atomic E-state index is 5.50. The van der Waals surface area contributed by atoms with Gasteiger partial charge >= 0.3 is 0 Å². The van der Waals surface area contributed by atoms with E-state index < -0.39 is 0 Å². The van der Waals surface area contributed by atoms with Gasteiger partial charge in [-0.15, -0.1) is 0 Å². The molecule has 1 fully saturated rings. The van der Waals surface area contributed by atoms with Gasteiger partial charge in [-0.2, -0.15) is 0 Å². The van der Waals surface area contributed by atoms with E-state index in [9.17, 15) is 0 Å². The molecule has 1 unspecified atom stereocenters. The van der Waals surface area contributed by atoms with Crippen LogP contribution < -0.4 is 10.1 Å². The highest BCUT2D eigenvalue weighted by molar-refractivity contribution is 5.48. The van der Waals surface area contributed by atoms with Crippen molar-refractivity contribution in [3.63, 3.8) is 0 Å². The third-order valence-corrected chi connectivity index (χ3v) is 3.89. The molecule has 0 saturated heterocycles. The molecule has 1 aliphatic rings. The molecule has 4 nitrogen and oxygen atoms in total. The number of rotatable bonds is 4. The van der Waals surface area contributed by atoms with Crippen LogP contribution in [0.3, 0.4) is 0 Å². The average Bonchev–Trinajstić information content (AvgIpc) is 2.64. The van der Waals surface area contributed by atoms with E-state index in [1.807, 2.05) is 13.8 Å². The van der Waals surface area contributed by atoms with Gasteiger partial charge in [0.2, 0.25) is 5.88 Å². The number of nitrogens with one attached hydrogen (secondary N) is 1. The first-order valence-corrected chi connectivity index (χ1v) is 6.75. The Kier molecular flexibility index (Phi) is 3.73. The second kappa shape index (κ2) is 5.12. The molecular formula is C14H23N3O. The van der Waals surface area contributed by atoms with Crippen LogP contribution in [0, 0.1) is 12.3 Å². The van der Waals surface area contributed by atoms with Crippen LogP contribution in [0.25, 0.3) is 0 Å². The fraction of sp³-hybridized carbons (Fsp3) is 0.714. The van der Waals surface area contributed by atoms with E-state index in [1.165, 1.54) is 19.3 Å². The molecule has 2 rings (SSSR count). The van der Waals surface area contributed by atoms with E-state index in [2.05, 4.69) is 29.1 Å². The maximum Gasteiger partial charge on any atom is 0.221 e. The smallest absolute Gasteiger partial charge is 0.221 e. The molecule has 1 aromatic rings. The summed E-state index contributed by atoms with van der Waals surface area (Å²) < 4.78 is 5.50. The number of anilines is 1. The van der Waals surface area contributed by atoms with Gasteiger partial charge < -0.3 is 10.1 Å². The van der Waals surface area contributed by atoms with Crippen LogP contribution in [-0.2, 0) is 0 Å². The number of aromatic nitrogens is 2. The summed E-state index contributed by atoms with van der Waals surface area (Å²) in [6.07, 6.45) is 5.34. The Labute approximate surface area is 109 Å². The third kappa shape index (κ3) is 2.57. The molecule has 0 aliphatic heterocycles. The fourth-order valence-corrected chi connectivity index (χ4v) is 2.62. The van der Waals surface area contributed by atoms with Crippen molar-refractivity contribution < 1.29 is 4.74 Å². The molecule has 0 radical (unpaired) electrons. The van der Waals surface area contributed by atoms with Crippen molar-refractivity contribution in [3.8, 4) is 5.88 Å². The SMILES string of the molecule is CCOc1ncnc(NC2CCCC2(C)C)c1C. The zero-order chi connectivity index (χ0) is 13.2. The molecule has 0 amide bonds. The van der Waals surface area contributed by atoms with Crippen LogP contribution in [0.15, 0.2) is 6.33 Å². The monoisotopic (exact) mass is 249 g/mol. The van der Waals surface area contributed by atoms with Crippen LogP contribution in [0.4, 0.5) is 5.82 Å². The molecule has 1 heterocycles. The summed E-state index contributed by atoms with van der Waals surface area (Å²) >= 11 is 0. The highest BCUT2D eigenvalue weighted by atomic mass is 16.5. The van der Waals surface area contributed by atoms with E-state index in [0.29, 0.717) is 23.9 Å². The number of nitrogens with zero attached hydrogens (tertiary/aromatic N) is 2. The van der Waals surface area contributed by atoms with E-state index in [0.717, 1.165) is 11.4 Å². The fourth-order valence-electron chi connectivity index (χ4n) is 2.62. The molecule has 0 spiro atoms. The molecule has 1 saturated carbocycles. The lowest BCUT2D eigenvalue weighted by Gasteiger charge is -2.28. The lowest BCUT2D eigenvalue weighted by molar-refractivity contribution is 0.323. The van der Waals surface area contributed by atoms with Gasteiger partial charge in [0.1, 0.15) is 12.1 Å². The van der Waals surface area contributed by atoms with Crippen LogP contribution in [-0.4, -0.2) is 22.6 Å². The summed E-state index contributed by atoms with van der Waals surface area (Å²) in [5, 5.41) is 3.57. The van der Waals surface area contributed by atoms with Crippen LogP contribution >= 0.6 is 0 Å². The molecule has 100 valence electrons. The summed E-state index contributed by atoms with van der Waals surface area (Å²) in [6, 6.07) is 0.487. The van der Waals surface area contributed by atoms with E-state index >= 15 is 0 Å². The molecule has 0 aromatic carbocycles. The Morgan fingerprint density at radius 2 is 2.22 bits per heavy atom. The summed E-state index contributed by atoms with van der Waals surface area (Å²) in [5.74, 6) is 1.60. The predicted molar refractivity (Wildman–Crippen MR) is 73.0 cm³/mol. The lowest BCUT2D eigenvalue weighted by Crippen LogP contribution is -2.31. The van der Waals surface area contributed by atoms with Gasteiger partial charge in [0.05, 0.1) is 12.2 Å². The van der Waals surface area contributed by atoms with Gasteiger partial charge in [0.15, 0.2) is 0 Å². The Morgan fingerprint density at radius 3 is 2.83 bits per heavy atom. The highest BCUT2D eigenvalue weighted by Crippen LogP contribution is 2.39. The number of hydrogen-bond donors (Lipinski definition) is 1. The summed E-state index contributed by atoms with van der Waals surface area (Å²) in [4.78, 5) is 8.51. The second-order valence-corrected chi connectivity index (χ2v) is 5.66. The number of ether oxygens (including phenoxy) is 1. The minimum absolute atomic E-state index is 0.336. The molecule has 1 atom stereocenters. The molecule has 0 bridgehead atoms. The minimum atomic E-state index is 0.336. The zero-order valence-electron chi connectivity index (χ0n) is 11.8. The van der Waals surface area contributed by atoms with Gasteiger partial charge in [-0.25, -0.2) is 9.97 Å². The first-order chi connectivity index (χ1) is 8.54. The molecular weight excluding hydrogens is 226 g/mol. The first-order valence-electron chi connectivity index (χ1n) is 6.75. The highest BCUT2D eigenvalue weighted by Gasteiger charge is 2.34. The minimum Gasteiger partial charge on any atom is -0.478 e. The third-order valence-electron chi connectivity index (χ3n) is 3.89. The van der Waals surface area contributed by atoms with Crippen molar-refractivity contribution >= 4 is 5.82 Å². The van der Waals surface area contributed by atoms with Gasteiger partial charge in [0, 0.05) is 6.04 Å². The normalized spacial score (nSPS) is 21.9. The van der Waals surface area contributed by atoms with Gasteiger partial charge in [-0.05, 0) is 32.1 Å². The molecule has 18 heavy (non-hydrogen) atoms. The lowest BCUT2D eigenvalue weighted by atomic mass is 9.87. The van der Waals surface area contributed by atoms with Gasteiger partial charge in [0.25, 0.3) is 0 Å². The van der Waals surface area contributed by atoms with E-state index in [4.69, 9.17) is 4.74 Å². The van der Waals surface area contributed by atoms with E-state index in [-0.39, 0.29) is 0 Å².